The fourth-order valence-corrected chi connectivity index (χ4v) is 6.79. The third-order valence-electron chi connectivity index (χ3n) is 6.56. The fourth-order valence-electron chi connectivity index (χ4n) is 4.61. The van der Waals surface area contributed by atoms with Gasteiger partial charge in [0.15, 0.2) is 0 Å². The first-order valence-corrected chi connectivity index (χ1v) is 17.0. The lowest BCUT2D eigenvalue weighted by Gasteiger charge is -2.29. The minimum atomic E-state index is -3.81. The maximum Gasteiger partial charge on any atom is 0.406 e. The molecule has 2 amide bonds. The van der Waals surface area contributed by atoms with Crippen LogP contribution in [-0.2, 0) is 36.0 Å². The van der Waals surface area contributed by atoms with Gasteiger partial charge in [0.1, 0.15) is 23.2 Å². The van der Waals surface area contributed by atoms with Gasteiger partial charge in [-0.05, 0) is 50.2 Å². The van der Waals surface area contributed by atoms with Crippen LogP contribution in [0.2, 0.25) is 0 Å². The lowest BCUT2D eigenvalue weighted by atomic mass is 9.98. The number of hydrogen-bond donors (Lipinski definition) is 4. The predicted molar refractivity (Wildman–Crippen MR) is 168 cm³/mol. The zero-order valence-corrected chi connectivity index (χ0v) is 26.9. The van der Waals surface area contributed by atoms with Crippen molar-refractivity contribution in [2.75, 3.05) is 13.2 Å². The fraction of sp³-hybridized carbons (Fsp3) is 0.452. The number of hydrogen-bond acceptors (Lipinski definition) is 8. The number of aliphatic hydroxyl groups is 1. The topological polar surface area (TPSA) is 139 Å². The number of carbonyl (C=O) groups is 2. The molecule has 3 rings (SSSR count). The summed E-state index contributed by atoms with van der Waals surface area (Å²) in [6.45, 7) is 7.52. The number of thiazole rings is 1. The molecule has 0 saturated carbocycles. The van der Waals surface area contributed by atoms with E-state index in [0.29, 0.717) is 17.8 Å². The predicted octanol–water partition coefficient (Wildman–Crippen LogP) is 4.82. The molecule has 0 bridgehead atoms. The first-order valence-electron chi connectivity index (χ1n) is 14.6. The summed E-state index contributed by atoms with van der Waals surface area (Å²) in [5.41, 5.74) is 1.76. The van der Waals surface area contributed by atoms with Crippen molar-refractivity contribution in [2.45, 2.75) is 71.2 Å². The Bertz CT molecular complexity index is 1290. The van der Waals surface area contributed by atoms with Gasteiger partial charge in [-0.1, -0.05) is 74.5 Å². The number of aliphatic hydroxyl groups excluding tert-OH is 1. The Labute approximate surface area is 258 Å². The molecule has 4 atom stereocenters. The molecule has 0 fully saturated rings. The van der Waals surface area contributed by atoms with Crippen molar-refractivity contribution in [2.24, 2.45) is 5.92 Å². The van der Waals surface area contributed by atoms with Crippen molar-refractivity contribution < 1.29 is 28.3 Å². The summed E-state index contributed by atoms with van der Waals surface area (Å²) < 4.78 is 24.2. The van der Waals surface area contributed by atoms with Gasteiger partial charge in [0.2, 0.25) is 11.8 Å². The molecule has 4 N–H and O–H groups in total. The minimum Gasteiger partial charge on any atom is -0.384 e. The molecular weight excluding hydrogens is 587 g/mol. The highest BCUT2D eigenvalue weighted by molar-refractivity contribution is 7.51. The number of aromatic nitrogens is 1. The van der Waals surface area contributed by atoms with Crippen LogP contribution in [0, 0.1) is 5.92 Å². The van der Waals surface area contributed by atoms with Crippen LogP contribution < -0.4 is 15.7 Å². The second-order valence-corrected chi connectivity index (χ2v) is 13.2. The molecule has 43 heavy (non-hydrogen) atoms. The summed E-state index contributed by atoms with van der Waals surface area (Å²) in [7, 11) is -3.81. The van der Waals surface area contributed by atoms with Crippen LogP contribution in [0.4, 0.5) is 0 Å². The summed E-state index contributed by atoms with van der Waals surface area (Å²) in [5.74, 6) is -0.898. The Kier molecular flexibility index (Phi) is 14.0. The van der Waals surface area contributed by atoms with Gasteiger partial charge in [0.25, 0.3) is 0 Å². The molecule has 3 aromatic rings. The zero-order chi connectivity index (χ0) is 31.2. The molecule has 0 aliphatic carbocycles. The van der Waals surface area contributed by atoms with Crippen LogP contribution in [0.5, 0.6) is 0 Å². The lowest BCUT2D eigenvalue weighted by molar-refractivity contribution is -0.131. The first-order chi connectivity index (χ1) is 20.6. The van der Waals surface area contributed by atoms with Crippen LogP contribution in [0.1, 0.15) is 56.4 Å². The van der Waals surface area contributed by atoms with E-state index in [1.807, 2.05) is 74.5 Å². The normalized spacial score (nSPS) is 14.6. The molecule has 0 aliphatic heterocycles. The number of nitrogens with one attached hydrogen (secondary N) is 3. The molecular formula is C31H43N4O6PS. The smallest absolute Gasteiger partial charge is 0.384 e. The Morgan fingerprint density at radius 2 is 1.44 bits per heavy atom. The monoisotopic (exact) mass is 630 g/mol. The molecule has 10 nitrogen and oxygen atoms in total. The number of amides is 2. The first kappa shape index (κ1) is 34.6. The summed E-state index contributed by atoms with van der Waals surface area (Å²) in [4.78, 5) is 31.8. The Balaban J connectivity index is 1.85. The summed E-state index contributed by atoms with van der Waals surface area (Å²) in [5, 5.41) is 22.1. The minimum absolute atomic E-state index is 0.0611. The third-order valence-corrected chi connectivity index (χ3v) is 9.23. The Hall–Kier alpha value is -2.92. The zero-order valence-electron chi connectivity index (χ0n) is 25.1. The van der Waals surface area contributed by atoms with Gasteiger partial charge in [-0.2, -0.15) is 0 Å². The molecule has 1 aromatic heterocycles. The molecule has 2 aromatic carbocycles. The van der Waals surface area contributed by atoms with E-state index in [1.165, 1.54) is 11.3 Å². The molecule has 1 heterocycles. The van der Waals surface area contributed by atoms with Crippen LogP contribution in [0.25, 0.3) is 0 Å². The van der Waals surface area contributed by atoms with E-state index in [2.05, 4.69) is 20.7 Å². The van der Waals surface area contributed by atoms with Gasteiger partial charge < -0.3 is 15.7 Å². The van der Waals surface area contributed by atoms with Gasteiger partial charge in [0.05, 0.1) is 19.3 Å². The van der Waals surface area contributed by atoms with Gasteiger partial charge >= 0.3 is 7.75 Å². The second kappa shape index (κ2) is 17.4. The van der Waals surface area contributed by atoms with Gasteiger partial charge in [-0.15, -0.1) is 11.3 Å². The highest BCUT2D eigenvalue weighted by Gasteiger charge is 2.35. The molecule has 0 aliphatic rings. The van der Waals surface area contributed by atoms with E-state index in [0.717, 1.165) is 11.1 Å². The maximum absolute atomic E-state index is 13.8. The third kappa shape index (κ3) is 11.3. The van der Waals surface area contributed by atoms with Gasteiger partial charge in [-0.25, -0.2) is 14.6 Å². The number of nitrogens with zero attached hydrogens (tertiary/aromatic N) is 1. The molecule has 0 saturated heterocycles. The molecule has 0 unspecified atom stereocenters. The average molecular weight is 631 g/mol. The second-order valence-electron chi connectivity index (χ2n) is 10.5. The molecule has 12 heteroatoms. The van der Waals surface area contributed by atoms with E-state index in [-0.39, 0.29) is 25.6 Å². The van der Waals surface area contributed by atoms with Crippen molar-refractivity contribution in [1.29, 1.82) is 0 Å². The number of carbonyl (C=O) groups excluding carboxylic acids is 2. The van der Waals surface area contributed by atoms with E-state index >= 15 is 0 Å². The van der Waals surface area contributed by atoms with Crippen LogP contribution in [-0.4, -0.2) is 53.2 Å². The molecule has 234 valence electrons. The number of benzene rings is 2. The Morgan fingerprint density at radius 1 is 0.884 bits per heavy atom. The number of rotatable bonds is 18. The quantitative estimate of drug-likeness (QED) is 0.147. The van der Waals surface area contributed by atoms with E-state index < -0.39 is 43.8 Å². The summed E-state index contributed by atoms with van der Waals surface area (Å²) >= 11 is 1.30. The van der Waals surface area contributed by atoms with Gasteiger partial charge in [-0.3, -0.25) is 18.6 Å². The van der Waals surface area contributed by atoms with Gasteiger partial charge in [0, 0.05) is 11.6 Å². The average Bonchev–Trinajstić information content (AvgIpc) is 3.52. The van der Waals surface area contributed by atoms with Crippen LogP contribution in [0.15, 0.2) is 72.2 Å². The SMILES string of the molecule is CCOP(=O)(N[C@@H](Cc1ccccc1)C(=O)N[C@@H](CC(C)C)C(=O)N[C@@H](Cc1ccccc1)[C@H](O)c1nccs1)OCC. The van der Waals surface area contributed by atoms with E-state index in [4.69, 9.17) is 9.05 Å². The maximum atomic E-state index is 13.8. The van der Waals surface area contributed by atoms with Crippen molar-refractivity contribution in [3.63, 3.8) is 0 Å². The standard InChI is InChI=1S/C31H43N4O6PS/c1-5-40-42(39,41-6-2)35-27(21-24-15-11-8-12-16-24)30(38)34-26(19-22(3)4)29(37)33-25(20-23-13-9-7-10-14-23)28(36)31-32-17-18-43-31/h7-18,22,25-28,36H,5-6,19-21H2,1-4H3,(H,33,37)(H,34,38)(H,35,39)/t25-,26-,27-,28-/m0/s1. The largest absolute Gasteiger partial charge is 0.406 e. The highest BCUT2D eigenvalue weighted by Crippen LogP contribution is 2.44. The van der Waals surface area contributed by atoms with Crippen molar-refractivity contribution in [1.82, 2.24) is 20.7 Å². The van der Waals surface area contributed by atoms with Crippen LogP contribution in [0.3, 0.4) is 0 Å². The van der Waals surface area contributed by atoms with Crippen molar-refractivity contribution in [3.05, 3.63) is 88.4 Å². The molecule has 0 radical (unpaired) electrons. The lowest BCUT2D eigenvalue weighted by Crippen LogP contribution is -2.55. The van der Waals surface area contributed by atoms with E-state index in [9.17, 15) is 19.3 Å². The van der Waals surface area contributed by atoms with Crippen molar-refractivity contribution in [3.8, 4) is 0 Å². The molecule has 0 spiro atoms. The van der Waals surface area contributed by atoms with Crippen molar-refractivity contribution >= 4 is 30.9 Å². The highest BCUT2D eigenvalue weighted by atomic mass is 32.1. The Morgan fingerprint density at radius 3 is 1.95 bits per heavy atom. The summed E-state index contributed by atoms with van der Waals surface area (Å²) in [6.07, 6.45) is 1.45. The van der Waals surface area contributed by atoms with E-state index in [1.54, 1.807) is 25.4 Å². The summed E-state index contributed by atoms with van der Waals surface area (Å²) in [6, 6.07) is 16.2. The van der Waals surface area contributed by atoms with Crippen LogP contribution >= 0.6 is 19.1 Å².